The van der Waals surface area contributed by atoms with Crippen molar-refractivity contribution in [2.45, 2.75) is 24.0 Å². The summed E-state index contributed by atoms with van der Waals surface area (Å²) in [7, 11) is 0. The summed E-state index contributed by atoms with van der Waals surface area (Å²) in [6.45, 7) is 2.13. The van der Waals surface area contributed by atoms with Gasteiger partial charge in [0.15, 0.2) is 0 Å². The van der Waals surface area contributed by atoms with Gasteiger partial charge < -0.3 is 0 Å². The largest absolute Gasteiger partial charge is 0.221 e. The summed E-state index contributed by atoms with van der Waals surface area (Å²) in [6, 6.07) is 9.84. The fraction of sp³-hybridized carbons (Fsp3) is 0.200. The van der Waals surface area contributed by atoms with E-state index in [0.29, 0.717) is 10.9 Å². The number of hydrogen-bond donors (Lipinski definition) is 0. The van der Waals surface area contributed by atoms with Crippen LogP contribution < -0.4 is 0 Å². The number of aromatic nitrogens is 2. The summed E-state index contributed by atoms with van der Waals surface area (Å²) in [5.41, 5.74) is 0. The topological polar surface area (TPSA) is 25.8 Å². The van der Waals surface area contributed by atoms with E-state index in [1.54, 1.807) is 23.1 Å². The molecule has 0 amide bonds. The molecule has 6 heteroatoms. The van der Waals surface area contributed by atoms with Gasteiger partial charge in [0, 0.05) is 15.2 Å². The second-order valence-corrected chi connectivity index (χ2v) is 7.33. The quantitative estimate of drug-likeness (QED) is 0.433. The van der Waals surface area contributed by atoms with E-state index in [0.717, 1.165) is 32.4 Å². The third-order valence-corrected chi connectivity index (χ3v) is 5.96. The molecular formula is C15H12Cl2N2S2. The summed E-state index contributed by atoms with van der Waals surface area (Å²) in [6.07, 6.45) is 0.987. The van der Waals surface area contributed by atoms with Gasteiger partial charge >= 0.3 is 0 Å². The van der Waals surface area contributed by atoms with Crippen LogP contribution in [-0.4, -0.2) is 9.97 Å². The molecule has 0 unspecified atom stereocenters. The molecule has 0 aliphatic rings. The Bertz CT molecular complexity index is 786. The van der Waals surface area contributed by atoms with Gasteiger partial charge in [-0.2, -0.15) is 0 Å². The smallest absolute Gasteiger partial charge is 0.142 e. The second-order valence-electron chi connectivity index (χ2n) is 4.43. The summed E-state index contributed by atoms with van der Waals surface area (Å²) in [5, 5.41) is 2.23. The SMILES string of the molecule is CCc1cc2c(Cl)nc(CSc3ccccc3Cl)nc2s1. The number of thioether (sulfide) groups is 1. The molecule has 2 aromatic heterocycles. The minimum absolute atomic E-state index is 0.533. The van der Waals surface area contributed by atoms with Gasteiger partial charge in [-0.15, -0.1) is 23.1 Å². The molecule has 21 heavy (non-hydrogen) atoms. The normalized spacial score (nSPS) is 11.2. The van der Waals surface area contributed by atoms with Crippen LogP contribution in [0.5, 0.6) is 0 Å². The maximum absolute atomic E-state index is 6.27. The molecule has 0 fully saturated rings. The van der Waals surface area contributed by atoms with Gasteiger partial charge in [-0.1, -0.05) is 42.3 Å². The molecule has 0 aliphatic heterocycles. The molecule has 108 valence electrons. The van der Waals surface area contributed by atoms with Gasteiger partial charge in [0.1, 0.15) is 15.8 Å². The van der Waals surface area contributed by atoms with E-state index in [1.165, 1.54) is 4.88 Å². The zero-order valence-electron chi connectivity index (χ0n) is 11.3. The van der Waals surface area contributed by atoms with E-state index < -0.39 is 0 Å². The predicted octanol–water partition coefficient (Wildman–Crippen LogP) is 5.85. The van der Waals surface area contributed by atoms with Crippen molar-refractivity contribution in [1.29, 1.82) is 0 Å². The molecular weight excluding hydrogens is 343 g/mol. The molecule has 0 saturated carbocycles. The monoisotopic (exact) mass is 354 g/mol. The molecule has 0 bridgehead atoms. The zero-order chi connectivity index (χ0) is 14.8. The number of benzene rings is 1. The molecule has 0 atom stereocenters. The van der Waals surface area contributed by atoms with Crippen molar-refractivity contribution in [3.05, 3.63) is 51.2 Å². The number of thiophene rings is 1. The van der Waals surface area contributed by atoms with E-state index in [2.05, 4.69) is 23.0 Å². The zero-order valence-corrected chi connectivity index (χ0v) is 14.4. The van der Waals surface area contributed by atoms with Crippen molar-refractivity contribution in [1.82, 2.24) is 9.97 Å². The number of aryl methyl sites for hydroxylation is 1. The van der Waals surface area contributed by atoms with Gasteiger partial charge in [-0.3, -0.25) is 0 Å². The fourth-order valence-corrected chi connectivity index (χ4v) is 4.30. The molecule has 2 heterocycles. The van der Waals surface area contributed by atoms with Crippen LogP contribution in [0.25, 0.3) is 10.2 Å². The average Bonchev–Trinajstić information content (AvgIpc) is 2.90. The van der Waals surface area contributed by atoms with Crippen LogP contribution in [0, 0.1) is 0 Å². The Hall–Kier alpha value is -0.810. The predicted molar refractivity (Wildman–Crippen MR) is 92.8 cm³/mol. The van der Waals surface area contributed by atoms with Crippen LogP contribution in [0.4, 0.5) is 0 Å². The Morgan fingerprint density at radius 1 is 1.19 bits per heavy atom. The molecule has 2 nitrogen and oxygen atoms in total. The minimum Gasteiger partial charge on any atom is -0.221 e. The van der Waals surface area contributed by atoms with Crippen LogP contribution >= 0.6 is 46.3 Å². The second kappa shape index (κ2) is 6.53. The molecule has 0 N–H and O–H groups in total. The van der Waals surface area contributed by atoms with Crippen molar-refractivity contribution in [2.24, 2.45) is 0 Å². The van der Waals surface area contributed by atoms with Gasteiger partial charge in [0.05, 0.1) is 10.8 Å². The molecule has 3 rings (SSSR count). The summed E-state index contributed by atoms with van der Waals surface area (Å²) in [5.74, 6) is 1.39. The maximum atomic E-state index is 6.27. The van der Waals surface area contributed by atoms with Gasteiger partial charge in [0.25, 0.3) is 0 Å². The molecule has 3 aromatic rings. The van der Waals surface area contributed by atoms with Crippen LogP contribution in [0.3, 0.4) is 0 Å². The first-order chi connectivity index (χ1) is 10.2. The lowest BCUT2D eigenvalue weighted by molar-refractivity contribution is 1.07. The molecule has 0 saturated heterocycles. The average molecular weight is 355 g/mol. The number of nitrogens with zero attached hydrogens (tertiary/aromatic N) is 2. The first kappa shape index (κ1) is 15.1. The van der Waals surface area contributed by atoms with Crippen molar-refractivity contribution in [2.75, 3.05) is 0 Å². The fourth-order valence-electron chi connectivity index (χ4n) is 1.92. The van der Waals surface area contributed by atoms with Crippen LogP contribution in [0.15, 0.2) is 35.2 Å². The number of halogens is 2. The third-order valence-electron chi connectivity index (χ3n) is 2.99. The van der Waals surface area contributed by atoms with Crippen LogP contribution in [0.1, 0.15) is 17.6 Å². The minimum atomic E-state index is 0.533. The summed E-state index contributed by atoms with van der Waals surface area (Å²) in [4.78, 5) is 12.3. The molecule has 0 aliphatic carbocycles. The highest BCUT2D eigenvalue weighted by Gasteiger charge is 2.10. The Morgan fingerprint density at radius 3 is 2.76 bits per heavy atom. The highest BCUT2D eigenvalue weighted by Crippen LogP contribution is 2.32. The standard InChI is InChI=1S/C15H12Cl2N2S2/c1-2-9-7-10-14(17)18-13(19-15(10)21-9)8-20-12-6-4-3-5-11(12)16/h3-7H,2,8H2,1H3. The van der Waals surface area contributed by atoms with Crippen LogP contribution in [-0.2, 0) is 12.2 Å². The van der Waals surface area contributed by atoms with E-state index in [9.17, 15) is 0 Å². The molecule has 0 radical (unpaired) electrons. The van der Waals surface area contributed by atoms with Crippen molar-refractivity contribution in [3.63, 3.8) is 0 Å². The number of rotatable bonds is 4. The number of hydrogen-bond acceptors (Lipinski definition) is 4. The number of fused-ring (bicyclic) bond motifs is 1. The Morgan fingerprint density at radius 2 is 2.00 bits per heavy atom. The Balaban J connectivity index is 1.86. The highest BCUT2D eigenvalue weighted by molar-refractivity contribution is 7.98. The molecule has 1 aromatic carbocycles. The van der Waals surface area contributed by atoms with Gasteiger partial charge in [-0.05, 0) is 24.6 Å². The van der Waals surface area contributed by atoms with E-state index in [-0.39, 0.29) is 0 Å². The maximum Gasteiger partial charge on any atom is 0.142 e. The molecule has 0 spiro atoms. The van der Waals surface area contributed by atoms with Gasteiger partial charge in [0.2, 0.25) is 0 Å². The summed E-state index contributed by atoms with van der Waals surface area (Å²) < 4.78 is 0. The Labute approximate surface area is 141 Å². The van der Waals surface area contributed by atoms with Crippen molar-refractivity contribution >= 4 is 56.5 Å². The first-order valence-corrected chi connectivity index (χ1v) is 9.05. The van der Waals surface area contributed by atoms with Crippen molar-refractivity contribution in [3.8, 4) is 0 Å². The van der Waals surface area contributed by atoms with Gasteiger partial charge in [-0.25, -0.2) is 9.97 Å². The van der Waals surface area contributed by atoms with E-state index in [4.69, 9.17) is 23.2 Å². The third kappa shape index (κ3) is 3.34. The van der Waals surface area contributed by atoms with E-state index >= 15 is 0 Å². The lowest BCUT2D eigenvalue weighted by Gasteiger charge is -2.03. The van der Waals surface area contributed by atoms with Crippen LogP contribution in [0.2, 0.25) is 10.2 Å². The lowest BCUT2D eigenvalue weighted by Crippen LogP contribution is -1.92. The Kier molecular flexibility index (Phi) is 4.69. The summed E-state index contributed by atoms with van der Waals surface area (Å²) >= 11 is 15.7. The van der Waals surface area contributed by atoms with Crippen molar-refractivity contribution < 1.29 is 0 Å². The van der Waals surface area contributed by atoms with E-state index in [1.807, 2.05) is 24.3 Å². The first-order valence-electron chi connectivity index (χ1n) is 6.49. The lowest BCUT2D eigenvalue weighted by atomic mass is 10.3. The highest BCUT2D eigenvalue weighted by atomic mass is 35.5.